The molecule has 0 heterocycles. The maximum absolute atomic E-state index is 12.3. The van der Waals surface area contributed by atoms with Gasteiger partial charge in [-0.3, -0.25) is 28.8 Å². The summed E-state index contributed by atoms with van der Waals surface area (Å²) >= 11 is 0. The maximum atomic E-state index is 12.3. The molecule has 174 valence electrons. The summed E-state index contributed by atoms with van der Waals surface area (Å²) in [5.74, 6) is -7.14. The molecule has 0 aliphatic rings. The number of nitrogens with two attached hydrogens (primary N) is 3. The third kappa shape index (κ3) is 12.4. The number of carboxylic acids is 2. The van der Waals surface area contributed by atoms with E-state index in [9.17, 15) is 33.6 Å². The number of nitrogens with one attached hydrogen (secondary N) is 3. The molecular weight excluding hydrogens is 420 g/mol. The van der Waals surface area contributed by atoms with Gasteiger partial charge in [0, 0.05) is 12.8 Å². The highest BCUT2D eigenvalue weighted by Gasteiger charge is 2.26. The molecule has 0 rings (SSSR count). The Morgan fingerprint density at radius 3 is 1.87 bits per heavy atom. The third-order valence-corrected chi connectivity index (χ3v) is 3.78. The average molecular weight is 446 g/mol. The van der Waals surface area contributed by atoms with Gasteiger partial charge in [0.15, 0.2) is 0 Å². The molecule has 0 radical (unpaired) electrons. The van der Waals surface area contributed by atoms with Crippen molar-refractivity contribution in [3.8, 4) is 0 Å². The van der Waals surface area contributed by atoms with Crippen LogP contribution < -0.4 is 33.2 Å². The highest BCUT2D eigenvalue weighted by atomic mass is 16.4. The smallest absolute Gasteiger partial charge is 0.326 e. The molecule has 0 aromatic carbocycles. The predicted octanol–water partition coefficient (Wildman–Crippen LogP) is -4.51. The summed E-state index contributed by atoms with van der Waals surface area (Å²) in [6.45, 7) is -0.713. The first-order valence-corrected chi connectivity index (χ1v) is 8.97. The molecule has 3 atom stereocenters. The Kier molecular flexibility index (Phi) is 11.8. The number of hydrogen-bond acceptors (Lipinski definition) is 8. The fraction of sp³-hybridized carbons (Fsp3) is 0.562. The number of amides is 5. The molecule has 0 bridgehead atoms. The number of carbonyl (C=O) groups excluding carboxylic acids is 5. The minimum Gasteiger partial charge on any atom is -0.481 e. The van der Waals surface area contributed by atoms with Gasteiger partial charge >= 0.3 is 11.9 Å². The van der Waals surface area contributed by atoms with Gasteiger partial charge in [-0.05, 0) is 12.8 Å². The predicted molar refractivity (Wildman–Crippen MR) is 102 cm³/mol. The van der Waals surface area contributed by atoms with Gasteiger partial charge in [0.25, 0.3) is 0 Å². The van der Waals surface area contributed by atoms with Crippen LogP contribution in [0.5, 0.6) is 0 Å². The SMILES string of the molecule is NC(=O)CCC(NC(=O)C(N)CCC(=O)O)C(=O)NCC(=O)NC(CC(N)=O)C(=O)O. The zero-order chi connectivity index (χ0) is 24.1. The van der Waals surface area contributed by atoms with Crippen LogP contribution in [0.2, 0.25) is 0 Å². The zero-order valence-electron chi connectivity index (χ0n) is 16.5. The van der Waals surface area contributed by atoms with Gasteiger partial charge in [-0.25, -0.2) is 4.79 Å². The highest BCUT2D eigenvalue weighted by molar-refractivity contribution is 5.93. The van der Waals surface area contributed by atoms with E-state index in [1.165, 1.54) is 0 Å². The van der Waals surface area contributed by atoms with Gasteiger partial charge in [0.2, 0.25) is 29.5 Å². The van der Waals surface area contributed by atoms with E-state index < -0.39 is 72.6 Å². The van der Waals surface area contributed by atoms with Crippen LogP contribution in [0.25, 0.3) is 0 Å². The molecule has 15 heteroatoms. The van der Waals surface area contributed by atoms with E-state index in [0.717, 1.165) is 0 Å². The molecule has 0 aliphatic heterocycles. The van der Waals surface area contributed by atoms with Crippen molar-refractivity contribution in [3.63, 3.8) is 0 Å². The van der Waals surface area contributed by atoms with Gasteiger partial charge in [-0.1, -0.05) is 0 Å². The lowest BCUT2D eigenvalue weighted by molar-refractivity contribution is -0.143. The molecule has 0 aromatic heterocycles. The van der Waals surface area contributed by atoms with E-state index >= 15 is 0 Å². The third-order valence-electron chi connectivity index (χ3n) is 3.78. The molecular formula is C16H26N6O9. The van der Waals surface area contributed by atoms with E-state index in [4.69, 9.17) is 27.4 Å². The number of carboxylic acid groups (broad SMARTS) is 2. The summed E-state index contributed by atoms with van der Waals surface area (Å²) in [7, 11) is 0. The Labute approximate surface area is 176 Å². The summed E-state index contributed by atoms with van der Waals surface area (Å²) in [4.78, 5) is 79.6. The summed E-state index contributed by atoms with van der Waals surface area (Å²) in [5.41, 5.74) is 15.5. The Hall–Kier alpha value is -3.75. The number of carbonyl (C=O) groups is 7. The average Bonchev–Trinajstić information content (AvgIpc) is 2.65. The molecule has 0 saturated carbocycles. The van der Waals surface area contributed by atoms with Crippen LogP contribution in [-0.4, -0.2) is 76.4 Å². The van der Waals surface area contributed by atoms with Gasteiger partial charge in [0.05, 0.1) is 19.0 Å². The first-order valence-electron chi connectivity index (χ1n) is 8.97. The lowest BCUT2D eigenvalue weighted by Crippen LogP contribution is -2.53. The Balaban J connectivity index is 4.93. The van der Waals surface area contributed by atoms with Crippen molar-refractivity contribution in [3.05, 3.63) is 0 Å². The van der Waals surface area contributed by atoms with Crippen molar-refractivity contribution < 1.29 is 43.8 Å². The van der Waals surface area contributed by atoms with Crippen molar-refractivity contribution >= 4 is 41.5 Å². The van der Waals surface area contributed by atoms with E-state index in [-0.39, 0.29) is 25.7 Å². The molecule has 0 fully saturated rings. The lowest BCUT2D eigenvalue weighted by Gasteiger charge is -2.20. The standard InChI is InChI=1S/C16H26N6O9/c17-7(1-4-13(26)27)14(28)22-8(2-3-10(18)23)15(29)20-6-12(25)21-9(16(30)31)5-11(19)24/h7-9H,1-6,17H2,(H2,18,23)(H2,19,24)(H,20,29)(H,21,25)(H,22,28)(H,26,27)(H,30,31). The maximum Gasteiger partial charge on any atom is 0.326 e. The van der Waals surface area contributed by atoms with Crippen molar-refractivity contribution in [1.82, 2.24) is 16.0 Å². The van der Waals surface area contributed by atoms with Crippen LogP contribution >= 0.6 is 0 Å². The number of hydrogen-bond donors (Lipinski definition) is 8. The number of primary amides is 2. The first kappa shape index (κ1) is 27.2. The monoisotopic (exact) mass is 446 g/mol. The minimum absolute atomic E-state index is 0.204. The summed E-state index contributed by atoms with van der Waals surface area (Å²) in [6, 6.07) is -4.17. The topological polar surface area (TPSA) is 274 Å². The van der Waals surface area contributed by atoms with E-state index in [0.29, 0.717) is 0 Å². The van der Waals surface area contributed by atoms with E-state index in [1.54, 1.807) is 0 Å². The Bertz CT molecular complexity index is 726. The molecule has 0 saturated heterocycles. The minimum atomic E-state index is -1.60. The fourth-order valence-electron chi connectivity index (χ4n) is 2.18. The van der Waals surface area contributed by atoms with Crippen molar-refractivity contribution in [2.24, 2.45) is 17.2 Å². The van der Waals surface area contributed by atoms with E-state index in [1.807, 2.05) is 5.32 Å². The van der Waals surface area contributed by atoms with Crippen LogP contribution in [0, 0.1) is 0 Å². The largest absolute Gasteiger partial charge is 0.481 e. The Morgan fingerprint density at radius 2 is 1.39 bits per heavy atom. The van der Waals surface area contributed by atoms with Crippen LogP contribution in [-0.2, 0) is 33.6 Å². The number of rotatable bonds is 15. The van der Waals surface area contributed by atoms with Gasteiger partial charge in [0.1, 0.15) is 12.1 Å². The second-order valence-corrected chi connectivity index (χ2v) is 6.45. The normalized spacial score (nSPS) is 13.2. The van der Waals surface area contributed by atoms with Crippen LogP contribution in [0.3, 0.4) is 0 Å². The summed E-state index contributed by atoms with van der Waals surface area (Å²) < 4.78 is 0. The van der Waals surface area contributed by atoms with Crippen LogP contribution in [0.1, 0.15) is 32.1 Å². The second-order valence-electron chi connectivity index (χ2n) is 6.45. The van der Waals surface area contributed by atoms with E-state index in [2.05, 4.69) is 10.6 Å². The lowest BCUT2D eigenvalue weighted by atomic mass is 10.1. The number of aliphatic carboxylic acids is 2. The fourth-order valence-corrected chi connectivity index (χ4v) is 2.18. The molecule has 5 amide bonds. The summed E-state index contributed by atoms with van der Waals surface area (Å²) in [6.07, 6.45) is -1.79. The quantitative estimate of drug-likeness (QED) is 0.119. The highest BCUT2D eigenvalue weighted by Crippen LogP contribution is 2.01. The van der Waals surface area contributed by atoms with Gasteiger partial charge in [-0.2, -0.15) is 0 Å². The molecule has 3 unspecified atom stereocenters. The van der Waals surface area contributed by atoms with Crippen LogP contribution in [0.15, 0.2) is 0 Å². The van der Waals surface area contributed by atoms with Crippen molar-refractivity contribution in [1.29, 1.82) is 0 Å². The van der Waals surface area contributed by atoms with Crippen molar-refractivity contribution in [2.45, 2.75) is 50.2 Å². The zero-order valence-corrected chi connectivity index (χ0v) is 16.5. The molecule has 11 N–H and O–H groups in total. The molecule has 0 aliphatic carbocycles. The Morgan fingerprint density at radius 1 is 0.774 bits per heavy atom. The molecule has 0 spiro atoms. The summed E-state index contributed by atoms with van der Waals surface area (Å²) in [5, 5.41) is 23.9. The van der Waals surface area contributed by atoms with Gasteiger partial charge < -0.3 is 43.4 Å². The van der Waals surface area contributed by atoms with Gasteiger partial charge in [-0.15, -0.1) is 0 Å². The molecule has 31 heavy (non-hydrogen) atoms. The molecule has 0 aromatic rings. The first-order chi connectivity index (χ1) is 14.3. The van der Waals surface area contributed by atoms with Crippen molar-refractivity contribution in [2.75, 3.05) is 6.54 Å². The van der Waals surface area contributed by atoms with Crippen LogP contribution in [0.4, 0.5) is 0 Å². The second kappa shape index (κ2) is 13.5. The molecule has 15 nitrogen and oxygen atoms in total.